The topological polar surface area (TPSA) is 85.4 Å². The van der Waals surface area contributed by atoms with Gasteiger partial charge in [-0.2, -0.15) is 0 Å². The highest BCUT2D eigenvalue weighted by atomic mass is 16.3. The molecule has 24 heavy (non-hydrogen) atoms. The summed E-state index contributed by atoms with van der Waals surface area (Å²) in [6.45, 7) is -0.118. The van der Waals surface area contributed by atoms with Crippen molar-refractivity contribution in [1.29, 1.82) is 0 Å². The van der Waals surface area contributed by atoms with Crippen LogP contribution < -0.4 is 5.32 Å². The van der Waals surface area contributed by atoms with Gasteiger partial charge in [-0.05, 0) is 18.2 Å². The number of aromatic nitrogens is 1. The zero-order valence-electron chi connectivity index (χ0n) is 13.1. The summed E-state index contributed by atoms with van der Waals surface area (Å²) in [4.78, 5) is 29.0. The number of carbonyl (C=O) groups is 2. The van der Waals surface area contributed by atoms with Crippen LogP contribution in [-0.4, -0.2) is 40.4 Å². The van der Waals surface area contributed by atoms with Gasteiger partial charge in [-0.15, -0.1) is 0 Å². The second-order valence-corrected chi connectivity index (χ2v) is 5.47. The molecule has 6 heteroatoms. The lowest BCUT2D eigenvalue weighted by atomic mass is 10.1. The molecule has 0 aliphatic carbocycles. The third kappa shape index (κ3) is 3.08. The number of aromatic amines is 1. The van der Waals surface area contributed by atoms with E-state index in [1.807, 2.05) is 24.3 Å². The summed E-state index contributed by atoms with van der Waals surface area (Å²) in [7, 11) is 1.56. The van der Waals surface area contributed by atoms with Crippen molar-refractivity contribution in [2.45, 2.75) is 0 Å². The molecule has 0 bridgehead atoms. The Morgan fingerprint density at radius 3 is 2.62 bits per heavy atom. The molecule has 1 heterocycles. The lowest BCUT2D eigenvalue weighted by molar-refractivity contribution is -0.116. The van der Waals surface area contributed by atoms with Gasteiger partial charge in [-0.25, -0.2) is 0 Å². The van der Waals surface area contributed by atoms with E-state index in [1.54, 1.807) is 31.4 Å². The van der Waals surface area contributed by atoms with Crippen LogP contribution in [-0.2, 0) is 4.79 Å². The van der Waals surface area contributed by atoms with Crippen LogP contribution in [0.3, 0.4) is 0 Å². The number of H-pyrrole nitrogens is 1. The molecule has 0 spiro atoms. The Labute approximate surface area is 138 Å². The van der Waals surface area contributed by atoms with Crippen molar-refractivity contribution in [3.63, 3.8) is 0 Å². The summed E-state index contributed by atoms with van der Waals surface area (Å²) < 4.78 is 0. The number of hydrogen-bond donors (Lipinski definition) is 3. The van der Waals surface area contributed by atoms with Crippen molar-refractivity contribution < 1.29 is 14.7 Å². The molecular formula is C18H17N3O3. The highest BCUT2D eigenvalue weighted by molar-refractivity contribution is 6.08. The van der Waals surface area contributed by atoms with Crippen LogP contribution in [0, 0.1) is 0 Å². The normalized spacial score (nSPS) is 10.5. The molecule has 2 aromatic carbocycles. The number of nitrogens with one attached hydrogen (secondary N) is 2. The van der Waals surface area contributed by atoms with Crippen molar-refractivity contribution in [3.05, 3.63) is 60.3 Å². The van der Waals surface area contributed by atoms with Crippen LogP contribution in [0.5, 0.6) is 5.75 Å². The second-order valence-electron chi connectivity index (χ2n) is 5.47. The highest BCUT2D eigenvalue weighted by Gasteiger charge is 2.18. The third-order valence-corrected chi connectivity index (χ3v) is 3.73. The average Bonchev–Trinajstić information content (AvgIpc) is 3.00. The molecule has 3 N–H and O–H groups in total. The number of benzene rings is 2. The fourth-order valence-corrected chi connectivity index (χ4v) is 2.51. The van der Waals surface area contributed by atoms with Gasteiger partial charge in [0, 0.05) is 24.1 Å². The average molecular weight is 323 g/mol. The molecule has 2 amide bonds. The monoisotopic (exact) mass is 323 g/mol. The van der Waals surface area contributed by atoms with Gasteiger partial charge in [0.15, 0.2) is 0 Å². The molecule has 0 aliphatic rings. The fourth-order valence-electron chi connectivity index (χ4n) is 2.51. The fraction of sp³-hybridized carbons (Fsp3) is 0.111. The van der Waals surface area contributed by atoms with E-state index < -0.39 is 0 Å². The zero-order chi connectivity index (χ0) is 17.1. The van der Waals surface area contributed by atoms with Crippen LogP contribution in [0.25, 0.3) is 10.9 Å². The SMILES string of the molecule is CN(CC(=O)Nc1ccccc1O)C(=O)c1c[nH]c2ccccc12. The summed E-state index contributed by atoms with van der Waals surface area (Å²) in [6.07, 6.45) is 1.64. The molecule has 122 valence electrons. The Morgan fingerprint density at radius 1 is 1.12 bits per heavy atom. The van der Waals surface area contributed by atoms with Crippen LogP contribution in [0.4, 0.5) is 5.69 Å². The largest absolute Gasteiger partial charge is 0.506 e. The number of para-hydroxylation sites is 3. The standard InChI is InChI=1S/C18H17N3O3/c1-21(11-17(23)20-15-8-4-5-9-16(15)22)18(24)13-10-19-14-7-3-2-6-12(13)14/h2-10,19,22H,11H2,1H3,(H,20,23). The van der Waals surface area contributed by atoms with Gasteiger partial charge in [0.1, 0.15) is 5.75 Å². The molecule has 6 nitrogen and oxygen atoms in total. The van der Waals surface area contributed by atoms with Gasteiger partial charge in [-0.1, -0.05) is 30.3 Å². The van der Waals surface area contributed by atoms with Crippen molar-refractivity contribution >= 4 is 28.4 Å². The van der Waals surface area contributed by atoms with Crippen LogP contribution in [0.2, 0.25) is 0 Å². The van der Waals surface area contributed by atoms with Gasteiger partial charge >= 0.3 is 0 Å². The molecule has 0 unspecified atom stereocenters. The van der Waals surface area contributed by atoms with Gasteiger partial charge < -0.3 is 20.3 Å². The highest BCUT2D eigenvalue weighted by Crippen LogP contribution is 2.22. The number of amides is 2. The first-order chi connectivity index (χ1) is 11.6. The van der Waals surface area contributed by atoms with E-state index in [1.165, 1.54) is 11.0 Å². The number of fused-ring (bicyclic) bond motifs is 1. The van der Waals surface area contributed by atoms with E-state index in [4.69, 9.17) is 0 Å². The van der Waals surface area contributed by atoms with Gasteiger partial charge in [0.05, 0.1) is 17.8 Å². The van der Waals surface area contributed by atoms with Gasteiger partial charge in [-0.3, -0.25) is 9.59 Å². The third-order valence-electron chi connectivity index (χ3n) is 3.73. The zero-order valence-corrected chi connectivity index (χ0v) is 13.1. The predicted molar refractivity (Wildman–Crippen MR) is 92.0 cm³/mol. The minimum Gasteiger partial charge on any atom is -0.506 e. The quantitative estimate of drug-likeness (QED) is 0.645. The Balaban J connectivity index is 1.70. The molecule has 3 aromatic rings. The number of likely N-dealkylation sites (N-methyl/N-ethyl adjacent to an activating group) is 1. The summed E-state index contributed by atoms with van der Waals surface area (Å²) in [5.74, 6) is -0.650. The molecular weight excluding hydrogens is 306 g/mol. The van der Waals surface area contributed by atoms with E-state index in [2.05, 4.69) is 10.3 Å². The maximum absolute atomic E-state index is 12.6. The van der Waals surface area contributed by atoms with Crippen molar-refractivity contribution in [3.8, 4) is 5.75 Å². The maximum atomic E-state index is 12.6. The van der Waals surface area contributed by atoms with E-state index in [9.17, 15) is 14.7 Å². The minimum atomic E-state index is -0.382. The summed E-state index contributed by atoms with van der Waals surface area (Å²) in [5.41, 5.74) is 1.70. The van der Waals surface area contributed by atoms with E-state index in [0.29, 0.717) is 11.3 Å². The number of aromatic hydroxyl groups is 1. The number of rotatable bonds is 4. The number of anilines is 1. The predicted octanol–water partition coefficient (Wildman–Crippen LogP) is 2.58. The van der Waals surface area contributed by atoms with Gasteiger partial charge in [0.25, 0.3) is 5.91 Å². The van der Waals surface area contributed by atoms with Crippen LogP contribution in [0.15, 0.2) is 54.7 Å². The molecule has 0 radical (unpaired) electrons. The molecule has 0 atom stereocenters. The number of phenols is 1. The first kappa shape index (κ1) is 15.6. The van der Waals surface area contributed by atoms with Crippen molar-refractivity contribution in [2.24, 2.45) is 0 Å². The van der Waals surface area contributed by atoms with Gasteiger partial charge in [0.2, 0.25) is 5.91 Å². The molecule has 1 aromatic heterocycles. The smallest absolute Gasteiger partial charge is 0.256 e. The Hall–Kier alpha value is -3.28. The Kier molecular flexibility index (Phi) is 4.20. The van der Waals surface area contributed by atoms with Crippen molar-refractivity contribution in [2.75, 3.05) is 18.9 Å². The van der Waals surface area contributed by atoms with Crippen LogP contribution in [0.1, 0.15) is 10.4 Å². The van der Waals surface area contributed by atoms with E-state index in [0.717, 1.165) is 10.9 Å². The second kappa shape index (κ2) is 6.45. The molecule has 0 saturated heterocycles. The number of phenolic OH excluding ortho intramolecular Hbond substituents is 1. The Morgan fingerprint density at radius 2 is 1.83 bits per heavy atom. The summed E-state index contributed by atoms with van der Waals surface area (Å²) >= 11 is 0. The molecule has 0 saturated carbocycles. The minimum absolute atomic E-state index is 0.0172. The first-order valence-corrected chi connectivity index (χ1v) is 7.45. The molecule has 3 rings (SSSR count). The lowest BCUT2D eigenvalue weighted by Gasteiger charge is -2.16. The van der Waals surface area contributed by atoms with Crippen molar-refractivity contribution in [1.82, 2.24) is 9.88 Å². The van der Waals surface area contributed by atoms with E-state index in [-0.39, 0.29) is 24.1 Å². The first-order valence-electron chi connectivity index (χ1n) is 7.45. The number of hydrogen-bond acceptors (Lipinski definition) is 3. The molecule has 0 aliphatic heterocycles. The van der Waals surface area contributed by atoms with E-state index >= 15 is 0 Å². The summed E-state index contributed by atoms with van der Waals surface area (Å²) in [5, 5.41) is 13.1. The molecule has 0 fully saturated rings. The van der Waals surface area contributed by atoms with Crippen LogP contribution >= 0.6 is 0 Å². The lowest BCUT2D eigenvalue weighted by Crippen LogP contribution is -2.34. The number of nitrogens with zero attached hydrogens (tertiary/aromatic N) is 1. The number of carbonyl (C=O) groups excluding carboxylic acids is 2. The Bertz CT molecular complexity index is 901. The summed E-state index contributed by atoms with van der Waals surface area (Å²) in [6, 6.07) is 13.9. The maximum Gasteiger partial charge on any atom is 0.256 e.